The van der Waals surface area contributed by atoms with Crippen molar-refractivity contribution in [1.29, 1.82) is 0 Å². The maximum atomic E-state index is 12.0. The van der Waals surface area contributed by atoms with E-state index in [0.29, 0.717) is 16.8 Å². The minimum absolute atomic E-state index is 0.0118. The zero-order valence-electron chi connectivity index (χ0n) is 12.0. The molecular weight excluding hydrogens is 300 g/mol. The molecule has 9 heteroatoms. The van der Waals surface area contributed by atoms with Crippen LogP contribution in [0.15, 0.2) is 30.6 Å². The number of benzene rings is 1. The molecule has 2 amide bonds. The zero-order chi connectivity index (χ0) is 16.4. The van der Waals surface area contributed by atoms with Crippen molar-refractivity contribution >= 4 is 28.8 Å². The number of nitrogens with zero attached hydrogens (tertiary/aromatic N) is 3. The minimum Gasteiger partial charge on any atom is -0.494 e. The molecule has 0 aliphatic carbocycles. The van der Waals surface area contributed by atoms with Crippen molar-refractivity contribution in [3.63, 3.8) is 0 Å². The van der Waals surface area contributed by atoms with Crippen LogP contribution in [0.5, 0.6) is 5.75 Å². The van der Waals surface area contributed by atoms with Crippen molar-refractivity contribution < 1.29 is 14.3 Å². The minimum atomic E-state index is -0.594. The first-order chi connectivity index (χ1) is 11.1. The highest BCUT2D eigenvalue weighted by atomic mass is 16.5. The number of hydrogen-bond acceptors (Lipinski definition) is 6. The Morgan fingerprint density at radius 1 is 1.26 bits per heavy atom. The molecule has 0 aliphatic heterocycles. The molecule has 116 valence electrons. The average molecular weight is 312 g/mol. The van der Waals surface area contributed by atoms with Crippen molar-refractivity contribution in [2.45, 2.75) is 0 Å². The van der Waals surface area contributed by atoms with Crippen LogP contribution in [0.4, 0.5) is 5.95 Å². The molecule has 9 nitrogen and oxygen atoms in total. The van der Waals surface area contributed by atoms with E-state index >= 15 is 0 Å². The highest BCUT2D eigenvalue weighted by Gasteiger charge is 2.15. The number of imidazole rings is 1. The molecule has 0 aliphatic rings. The standard InChI is InChI=1S/C14H12N6O3/c1-23-9-6-7(11(15)21)5-8-10(9)19-14(18-8)20-13(22)12-16-3-2-4-17-12/h2-6H,1H3,(H2,15,21)(H2,18,19,20,22). The van der Waals surface area contributed by atoms with Gasteiger partial charge in [-0.2, -0.15) is 0 Å². The first-order valence-corrected chi connectivity index (χ1v) is 6.54. The summed E-state index contributed by atoms with van der Waals surface area (Å²) < 4.78 is 5.19. The van der Waals surface area contributed by atoms with Crippen molar-refractivity contribution in [3.05, 3.63) is 42.0 Å². The van der Waals surface area contributed by atoms with E-state index in [2.05, 4.69) is 25.3 Å². The van der Waals surface area contributed by atoms with Crippen LogP contribution in [0, 0.1) is 0 Å². The van der Waals surface area contributed by atoms with Gasteiger partial charge in [0.15, 0.2) is 0 Å². The monoisotopic (exact) mass is 312 g/mol. The maximum absolute atomic E-state index is 12.0. The van der Waals surface area contributed by atoms with E-state index in [1.165, 1.54) is 31.6 Å². The van der Waals surface area contributed by atoms with Crippen molar-refractivity contribution in [2.24, 2.45) is 5.73 Å². The smallest absolute Gasteiger partial charge is 0.295 e. The van der Waals surface area contributed by atoms with Crippen LogP contribution in [0.3, 0.4) is 0 Å². The van der Waals surface area contributed by atoms with Gasteiger partial charge in [0.25, 0.3) is 5.91 Å². The fourth-order valence-corrected chi connectivity index (χ4v) is 2.02. The van der Waals surface area contributed by atoms with Crippen LogP contribution in [0.25, 0.3) is 11.0 Å². The number of rotatable bonds is 4. The number of fused-ring (bicyclic) bond motifs is 1. The van der Waals surface area contributed by atoms with Gasteiger partial charge in [-0.25, -0.2) is 15.0 Å². The van der Waals surface area contributed by atoms with E-state index in [1.807, 2.05) is 0 Å². The Morgan fingerprint density at radius 2 is 2.00 bits per heavy atom. The number of H-pyrrole nitrogens is 1. The zero-order valence-corrected chi connectivity index (χ0v) is 12.0. The Balaban J connectivity index is 1.97. The Morgan fingerprint density at radius 3 is 2.65 bits per heavy atom. The van der Waals surface area contributed by atoms with Crippen LogP contribution in [0.2, 0.25) is 0 Å². The molecule has 0 bridgehead atoms. The lowest BCUT2D eigenvalue weighted by Crippen LogP contribution is -2.15. The van der Waals surface area contributed by atoms with Gasteiger partial charge in [-0.15, -0.1) is 0 Å². The van der Waals surface area contributed by atoms with Gasteiger partial charge < -0.3 is 15.5 Å². The molecule has 0 atom stereocenters. The summed E-state index contributed by atoms with van der Waals surface area (Å²) in [6, 6.07) is 4.62. The predicted octanol–water partition coefficient (Wildman–Crippen LogP) is 0.713. The van der Waals surface area contributed by atoms with Gasteiger partial charge in [0.05, 0.1) is 12.6 Å². The number of amides is 2. The molecule has 4 N–H and O–H groups in total. The number of aromatic nitrogens is 4. The second kappa shape index (κ2) is 5.72. The maximum Gasteiger partial charge on any atom is 0.295 e. The highest BCUT2D eigenvalue weighted by Crippen LogP contribution is 2.27. The fraction of sp³-hybridized carbons (Fsp3) is 0.0714. The van der Waals surface area contributed by atoms with E-state index < -0.39 is 11.8 Å². The Hall–Kier alpha value is -3.49. The van der Waals surface area contributed by atoms with Crippen molar-refractivity contribution in [2.75, 3.05) is 12.4 Å². The molecule has 0 unspecified atom stereocenters. The lowest BCUT2D eigenvalue weighted by atomic mass is 10.2. The Kier molecular flexibility index (Phi) is 3.59. The number of primary amides is 1. The summed E-state index contributed by atoms with van der Waals surface area (Å²) in [4.78, 5) is 38.2. The number of nitrogens with two attached hydrogens (primary N) is 1. The largest absolute Gasteiger partial charge is 0.494 e. The van der Waals surface area contributed by atoms with E-state index in [4.69, 9.17) is 10.5 Å². The van der Waals surface area contributed by atoms with Crippen LogP contribution in [-0.4, -0.2) is 38.9 Å². The summed E-state index contributed by atoms with van der Waals surface area (Å²) >= 11 is 0. The molecule has 1 aromatic carbocycles. The number of aromatic amines is 1. The topological polar surface area (TPSA) is 136 Å². The van der Waals surface area contributed by atoms with Gasteiger partial charge in [0.1, 0.15) is 11.3 Å². The molecule has 2 heterocycles. The predicted molar refractivity (Wildman–Crippen MR) is 81.1 cm³/mol. The second-order valence-corrected chi connectivity index (χ2v) is 4.55. The molecule has 3 aromatic rings. The van der Waals surface area contributed by atoms with Crippen LogP contribution < -0.4 is 15.8 Å². The molecule has 0 saturated carbocycles. The summed E-state index contributed by atoms with van der Waals surface area (Å²) in [5, 5.41) is 2.55. The number of carbonyl (C=O) groups is 2. The third-order valence-corrected chi connectivity index (χ3v) is 3.06. The number of carbonyl (C=O) groups excluding carboxylic acids is 2. The number of ether oxygens (including phenoxy) is 1. The fourth-order valence-electron chi connectivity index (χ4n) is 2.02. The summed E-state index contributed by atoms with van der Waals surface area (Å²) in [7, 11) is 1.45. The van der Waals surface area contributed by atoms with Crippen LogP contribution in [0.1, 0.15) is 21.0 Å². The molecular formula is C14H12N6O3. The summed E-state index contributed by atoms with van der Waals surface area (Å²) in [5.41, 5.74) is 6.51. The Bertz CT molecular complexity index is 890. The molecule has 0 radical (unpaired) electrons. The molecule has 0 spiro atoms. The number of anilines is 1. The van der Waals surface area contributed by atoms with Crippen molar-refractivity contribution in [3.8, 4) is 5.75 Å². The molecule has 0 fully saturated rings. The van der Waals surface area contributed by atoms with Gasteiger partial charge in [-0.3, -0.25) is 14.9 Å². The summed E-state index contributed by atoms with van der Waals surface area (Å²) in [6.45, 7) is 0. The lowest BCUT2D eigenvalue weighted by molar-refractivity contribution is 0.0996. The first-order valence-electron chi connectivity index (χ1n) is 6.54. The number of methoxy groups -OCH3 is 1. The summed E-state index contributed by atoms with van der Waals surface area (Å²) in [6.07, 6.45) is 2.92. The van der Waals surface area contributed by atoms with E-state index in [-0.39, 0.29) is 17.3 Å². The number of nitrogens with one attached hydrogen (secondary N) is 2. The normalized spacial score (nSPS) is 10.5. The van der Waals surface area contributed by atoms with Crippen molar-refractivity contribution in [1.82, 2.24) is 19.9 Å². The van der Waals surface area contributed by atoms with Crippen LogP contribution in [-0.2, 0) is 0 Å². The molecule has 3 rings (SSSR count). The van der Waals surface area contributed by atoms with Gasteiger partial charge >= 0.3 is 0 Å². The van der Waals surface area contributed by atoms with E-state index in [1.54, 1.807) is 6.07 Å². The highest BCUT2D eigenvalue weighted by molar-refractivity contribution is 6.02. The number of hydrogen-bond donors (Lipinski definition) is 3. The third kappa shape index (κ3) is 2.79. The van der Waals surface area contributed by atoms with Gasteiger partial charge in [-0.05, 0) is 18.2 Å². The summed E-state index contributed by atoms with van der Waals surface area (Å²) in [5.74, 6) is -0.555. The first kappa shape index (κ1) is 14.4. The van der Waals surface area contributed by atoms with Crippen LogP contribution >= 0.6 is 0 Å². The molecule has 0 saturated heterocycles. The van der Waals surface area contributed by atoms with E-state index in [9.17, 15) is 9.59 Å². The van der Waals surface area contributed by atoms with Gasteiger partial charge in [0, 0.05) is 18.0 Å². The quantitative estimate of drug-likeness (QED) is 0.649. The second-order valence-electron chi connectivity index (χ2n) is 4.55. The average Bonchev–Trinajstić information content (AvgIpc) is 2.96. The lowest BCUT2D eigenvalue weighted by Gasteiger charge is -2.02. The third-order valence-electron chi connectivity index (χ3n) is 3.06. The Labute approximate surface area is 129 Å². The molecule has 2 aromatic heterocycles. The molecule has 23 heavy (non-hydrogen) atoms. The van der Waals surface area contributed by atoms with E-state index in [0.717, 1.165) is 0 Å². The SMILES string of the molecule is COc1cc(C(N)=O)cc2[nH]c(NC(=O)c3ncccn3)nc12. The van der Waals surface area contributed by atoms with Gasteiger partial charge in [-0.1, -0.05) is 0 Å². The van der Waals surface area contributed by atoms with Gasteiger partial charge in [0.2, 0.25) is 17.7 Å².